The number of aryl methyl sites for hydroxylation is 1. The molecule has 0 aliphatic heterocycles. The van der Waals surface area contributed by atoms with Gasteiger partial charge in [0.2, 0.25) is 5.91 Å². The van der Waals surface area contributed by atoms with Gasteiger partial charge in [-0.3, -0.25) is 9.59 Å². The molecule has 0 aliphatic rings. The first kappa shape index (κ1) is 16.1. The molecule has 0 spiro atoms. The first-order valence-corrected chi connectivity index (χ1v) is 7.58. The van der Waals surface area contributed by atoms with Crippen molar-refractivity contribution in [2.24, 2.45) is 0 Å². The molecule has 0 atom stereocenters. The number of hydrogen-bond donors (Lipinski definition) is 2. The summed E-state index contributed by atoms with van der Waals surface area (Å²) in [7, 11) is 0. The van der Waals surface area contributed by atoms with E-state index in [9.17, 15) is 14.0 Å². The fourth-order valence-corrected chi connectivity index (χ4v) is 2.52. The molecule has 2 rings (SSSR count). The molecule has 0 fully saturated rings. The molecular formula is C15H16FN3O2S. The molecule has 116 valence electrons. The van der Waals surface area contributed by atoms with E-state index >= 15 is 0 Å². The molecule has 0 aliphatic carbocycles. The van der Waals surface area contributed by atoms with Crippen molar-refractivity contribution in [2.75, 3.05) is 13.1 Å². The summed E-state index contributed by atoms with van der Waals surface area (Å²) >= 11 is 1.32. The number of carbonyl (C=O) groups is 2. The Hall–Kier alpha value is -2.28. The van der Waals surface area contributed by atoms with Crippen molar-refractivity contribution in [1.82, 2.24) is 15.6 Å². The lowest BCUT2D eigenvalue weighted by Crippen LogP contribution is -2.35. The van der Waals surface area contributed by atoms with E-state index in [0.29, 0.717) is 23.5 Å². The van der Waals surface area contributed by atoms with Gasteiger partial charge in [-0.15, -0.1) is 11.3 Å². The maximum absolute atomic E-state index is 13.0. The number of rotatable bonds is 6. The average Bonchev–Trinajstić information content (AvgIpc) is 2.90. The Bertz CT molecular complexity index is 672. The number of halogens is 1. The van der Waals surface area contributed by atoms with Crippen LogP contribution in [0.3, 0.4) is 0 Å². The van der Waals surface area contributed by atoms with E-state index in [-0.39, 0.29) is 24.1 Å². The van der Waals surface area contributed by atoms with Crippen LogP contribution < -0.4 is 10.6 Å². The summed E-state index contributed by atoms with van der Waals surface area (Å²) in [4.78, 5) is 28.0. The van der Waals surface area contributed by atoms with Gasteiger partial charge in [0, 0.05) is 13.1 Å². The van der Waals surface area contributed by atoms with Crippen LogP contribution in [-0.4, -0.2) is 29.9 Å². The van der Waals surface area contributed by atoms with Gasteiger partial charge in [0.25, 0.3) is 5.91 Å². The summed E-state index contributed by atoms with van der Waals surface area (Å²) in [6.07, 6.45) is 1.64. The topological polar surface area (TPSA) is 71.1 Å². The lowest BCUT2D eigenvalue weighted by atomic mass is 10.1. The Morgan fingerprint density at radius 3 is 2.73 bits per heavy atom. The van der Waals surface area contributed by atoms with Crippen molar-refractivity contribution in [3.8, 4) is 0 Å². The largest absolute Gasteiger partial charge is 0.354 e. The predicted molar refractivity (Wildman–Crippen MR) is 82.3 cm³/mol. The molecule has 1 aromatic heterocycles. The summed E-state index contributed by atoms with van der Waals surface area (Å²) in [6, 6.07) is 5.91. The summed E-state index contributed by atoms with van der Waals surface area (Å²) in [5.41, 5.74) is 0.613. The molecule has 0 saturated heterocycles. The molecule has 0 radical (unpaired) electrons. The van der Waals surface area contributed by atoms with Gasteiger partial charge >= 0.3 is 0 Å². The van der Waals surface area contributed by atoms with Gasteiger partial charge in [0.15, 0.2) is 0 Å². The third-order valence-electron chi connectivity index (χ3n) is 2.83. The smallest absolute Gasteiger partial charge is 0.263 e. The summed E-state index contributed by atoms with van der Waals surface area (Å²) in [6.45, 7) is 2.47. The normalized spacial score (nSPS) is 10.3. The number of benzene rings is 1. The number of amides is 2. The van der Waals surface area contributed by atoms with Crippen molar-refractivity contribution in [3.63, 3.8) is 0 Å². The Balaban J connectivity index is 1.68. The van der Waals surface area contributed by atoms with Gasteiger partial charge < -0.3 is 10.6 Å². The zero-order valence-electron chi connectivity index (χ0n) is 12.1. The molecule has 2 N–H and O–H groups in total. The van der Waals surface area contributed by atoms with E-state index in [4.69, 9.17) is 0 Å². The van der Waals surface area contributed by atoms with Crippen LogP contribution in [0.25, 0.3) is 0 Å². The molecule has 1 heterocycles. The van der Waals surface area contributed by atoms with Crippen molar-refractivity contribution < 1.29 is 14.0 Å². The van der Waals surface area contributed by atoms with Crippen LogP contribution in [-0.2, 0) is 11.2 Å². The van der Waals surface area contributed by atoms with Gasteiger partial charge in [0.1, 0.15) is 10.7 Å². The van der Waals surface area contributed by atoms with Gasteiger partial charge in [-0.25, -0.2) is 9.37 Å². The van der Waals surface area contributed by atoms with Crippen LogP contribution >= 0.6 is 11.3 Å². The molecular weight excluding hydrogens is 305 g/mol. The highest BCUT2D eigenvalue weighted by atomic mass is 32.1. The third-order valence-corrected chi connectivity index (χ3v) is 3.74. The molecule has 2 aromatic rings. The minimum absolute atomic E-state index is 0.111. The quantitative estimate of drug-likeness (QED) is 0.795. The molecule has 0 saturated carbocycles. The lowest BCUT2D eigenvalue weighted by molar-refractivity contribution is -0.120. The van der Waals surface area contributed by atoms with Crippen LogP contribution in [0.5, 0.6) is 0 Å². The van der Waals surface area contributed by atoms with Crippen LogP contribution in [0.15, 0.2) is 30.5 Å². The maximum Gasteiger partial charge on any atom is 0.263 e. The summed E-state index contributed by atoms with van der Waals surface area (Å²) < 4.78 is 13.0. The third kappa shape index (κ3) is 4.92. The van der Waals surface area contributed by atoms with Crippen molar-refractivity contribution in [2.45, 2.75) is 13.3 Å². The van der Waals surface area contributed by atoms with Gasteiger partial charge in [0.05, 0.1) is 17.6 Å². The van der Waals surface area contributed by atoms with Gasteiger partial charge in [-0.05, 0) is 24.6 Å². The zero-order chi connectivity index (χ0) is 15.9. The number of nitrogens with one attached hydrogen (secondary N) is 2. The minimum atomic E-state index is -0.364. The van der Waals surface area contributed by atoms with Crippen molar-refractivity contribution >= 4 is 23.2 Å². The highest BCUT2D eigenvalue weighted by molar-refractivity contribution is 7.13. The van der Waals surface area contributed by atoms with Crippen LogP contribution in [0, 0.1) is 12.7 Å². The highest BCUT2D eigenvalue weighted by Crippen LogP contribution is 2.10. The van der Waals surface area contributed by atoms with E-state index in [0.717, 1.165) is 5.01 Å². The number of nitrogens with zero attached hydrogens (tertiary/aromatic N) is 1. The fourth-order valence-electron chi connectivity index (χ4n) is 1.83. The fraction of sp³-hybridized carbons (Fsp3) is 0.267. The van der Waals surface area contributed by atoms with Crippen LogP contribution in [0.4, 0.5) is 4.39 Å². The van der Waals surface area contributed by atoms with E-state index in [1.165, 1.54) is 29.7 Å². The standard InChI is InChI=1S/C15H16FN3O2S/c1-10-19-9-13(22-10)15(21)18-6-5-17-14(20)8-11-3-2-4-12(16)7-11/h2-4,7,9H,5-6,8H2,1H3,(H,17,20)(H,18,21). The Morgan fingerprint density at radius 2 is 2.05 bits per heavy atom. The predicted octanol–water partition coefficient (Wildman–Crippen LogP) is 1.68. The second-order valence-electron chi connectivity index (χ2n) is 4.66. The van der Waals surface area contributed by atoms with Crippen LogP contribution in [0.1, 0.15) is 20.2 Å². The van der Waals surface area contributed by atoms with Crippen molar-refractivity contribution in [1.29, 1.82) is 0 Å². The molecule has 1 aromatic carbocycles. The monoisotopic (exact) mass is 321 g/mol. The van der Waals surface area contributed by atoms with Gasteiger partial charge in [-0.2, -0.15) is 0 Å². The molecule has 0 bridgehead atoms. The Labute approximate surface area is 131 Å². The SMILES string of the molecule is Cc1ncc(C(=O)NCCNC(=O)Cc2cccc(F)c2)s1. The number of hydrogen-bond acceptors (Lipinski definition) is 4. The summed E-state index contributed by atoms with van der Waals surface area (Å²) in [5.74, 6) is -0.782. The van der Waals surface area contributed by atoms with E-state index in [1.54, 1.807) is 12.1 Å². The van der Waals surface area contributed by atoms with Crippen molar-refractivity contribution in [3.05, 3.63) is 51.7 Å². The van der Waals surface area contributed by atoms with E-state index < -0.39 is 0 Å². The maximum atomic E-state index is 13.0. The average molecular weight is 321 g/mol. The van der Waals surface area contributed by atoms with E-state index in [1.807, 2.05) is 6.92 Å². The second-order valence-corrected chi connectivity index (χ2v) is 5.89. The molecule has 5 nitrogen and oxygen atoms in total. The summed E-state index contributed by atoms with van der Waals surface area (Å²) in [5, 5.41) is 6.20. The Morgan fingerprint density at radius 1 is 1.27 bits per heavy atom. The molecule has 2 amide bonds. The van der Waals surface area contributed by atoms with Gasteiger partial charge in [-0.1, -0.05) is 12.1 Å². The number of carbonyl (C=O) groups excluding carboxylic acids is 2. The zero-order valence-corrected chi connectivity index (χ0v) is 12.9. The lowest BCUT2D eigenvalue weighted by Gasteiger charge is -2.06. The molecule has 22 heavy (non-hydrogen) atoms. The first-order chi connectivity index (χ1) is 10.5. The number of aromatic nitrogens is 1. The second kappa shape index (κ2) is 7.65. The molecule has 0 unspecified atom stereocenters. The number of thiazole rings is 1. The first-order valence-electron chi connectivity index (χ1n) is 6.76. The highest BCUT2D eigenvalue weighted by Gasteiger charge is 2.08. The molecule has 7 heteroatoms. The minimum Gasteiger partial charge on any atom is -0.354 e. The van der Waals surface area contributed by atoms with E-state index in [2.05, 4.69) is 15.6 Å². The van der Waals surface area contributed by atoms with Crippen LogP contribution in [0.2, 0.25) is 0 Å². The Kier molecular flexibility index (Phi) is 5.60.